The molecule has 0 saturated heterocycles. The van der Waals surface area contributed by atoms with Crippen molar-refractivity contribution in [1.82, 2.24) is 10.2 Å². The molecule has 102 valence electrons. The topological polar surface area (TPSA) is 49.4 Å². The van der Waals surface area contributed by atoms with Crippen molar-refractivity contribution in [2.24, 2.45) is 0 Å². The molecule has 5 heteroatoms. The largest absolute Gasteiger partial charge is 0.314 e. The van der Waals surface area contributed by atoms with Gasteiger partial charge in [0.2, 0.25) is 0 Å². The average Bonchev–Trinajstić information content (AvgIpc) is 3.03. The molecule has 1 atom stereocenters. The summed E-state index contributed by atoms with van der Waals surface area (Å²) < 4.78 is 22.1. The van der Waals surface area contributed by atoms with E-state index >= 15 is 0 Å². The molecule has 0 aliphatic heterocycles. The van der Waals surface area contributed by atoms with Gasteiger partial charge in [-0.25, -0.2) is 8.42 Å². The van der Waals surface area contributed by atoms with Crippen LogP contribution >= 0.6 is 0 Å². The molecule has 1 aliphatic rings. The Morgan fingerprint density at radius 1 is 1.41 bits per heavy atom. The third-order valence-corrected chi connectivity index (χ3v) is 4.30. The van der Waals surface area contributed by atoms with E-state index in [1.165, 1.54) is 25.5 Å². The van der Waals surface area contributed by atoms with Gasteiger partial charge in [-0.1, -0.05) is 0 Å². The second-order valence-corrected chi connectivity index (χ2v) is 7.59. The maximum Gasteiger partial charge on any atom is 0.148 e. The van der Waals surface area contributed by atoms with Crippen LogP contribution in [0.15, 0.2) is 0 Å². The minimum atomic E-state index is -2.83. The fourth-order valence-corrected chi connectivity index (χ4v) is 2.36. The van der Waals surface area contributed by atoms with E-state index in [-0.39, 0.29) is 5.75 Å². The molecule has 0 spiro atoms. The summed E-state index contributed by atoms with van der Waals surface area (Å²) in [6.45, 7) is 3.89. The maximum atomic E-state index is 11.1. The van der Waals surface area contributed by atoms with Crippen LogP contribution in [0.4, 0.5) is 0 Å². The zero-order chi connectivity index (χ0) is 12.9. The van der Waals surface area contributed by atoms with Crippen molar-refractivity contribution >= 4 is 9.84 Å². The van der Waals surface area contributed by atoms with Crippen molar-refractivity contribution < 1.29 is 8.42 Å². The summed E-state index contributed by atoms with van der Waals surface area (Å²) >= 11 is 0. The Labute approximate surface area is 106 Å². The Kier molecular flexibility index (Phi) is 5.89. The molecule has 1 rings (SSSR count). The van der Waals surface area contributed by atoms with Gasteiger partial charge in [0.15, 0.2) is 0 Å². The van der Waals surface area contributed by atoms with Crippen LogP contribution in [0.2, 0.25) is 0 Å². The zero-order valence-corrected chi connectivity index (χ0v) is 12.1. The first-order valence-corrected chi connectivity index (χ1v) is 8.56. The van der Waals surface area contributed by atoms with E-state index in [1.807, 2.05) is 7.05 Å². The number of hydrogen-bond donors (Lipinski definition) is 1. The molecule has 4 nitrogen and oxygen atoms in total. The number of sulfone groups is 1. The van der Waals surface area contributed by atoms with Gasteiger partial charge in [-0.3, -0.25) is 0 Å². The predicted molar refractivity (Wildman–Crippen MR) is 72.1 cm³/mol. The van der Waals surface area contributed by atoms with Crippen LogP contribution in [0, 0.1) is 0 Å². The molecule has 0 aromatic heterocycles. The first kappa shape index (κ1) is 14.9. The Morgan fingerprint density at radius 2 is 2.06 bits per heavy atom. The molecule has 0 aromatic rings. The lowest BCUT2D eigenvalue weighted by Gasteiger charge is -2.24. The molecule has 1 N–H and O–H groups in total. The van der Waals surface area contributed by atoms with E-state index < -0.39 is 9.84 Å². The Hall–Kier alpha value is -0.130. The van der Waals surface area contributed by atoms with Gasteiger partial charge in [-0.2, -0.15) is 0 Å². The number of hydrogen-bond acceptors (Lipinski definition) is 4. The van der Waals surface area contributed by atoms with E-state index in [0.29, 0.717) is 12.6 Å². The highest BCUT2D eigenvalue weighted by Gasteiger charge is 2.19. The Balaban J connectivity index is 2.05. The van der Waals surface area contributed by atoms with Crippen molar-refractivity contribution in [1.29, 1.82) is 0 Å². The summed E-state index contributed by atoms with van der Waals surface area (Å²) in [7, 11) is -0.831. The van der Waals surface area contributed by atoms with Crippen molar-refractivity contribution in [2.45, 2.75) is 44.7 Å². The standard InChI is InChI=1S/C12H26N2O2S/c1-11(5-4-8-13-12-6-7-12)14(2)9-10-17(3,15)16/h11-13H,4-10H2,1-3H3. The Morgan fingerprint density at radius 3 is 2.59 bits per heavy atom. The highest BCUT2D eigenvalue weighted by Crippen LogP contribution is 2.18. The summed E-state index contributed by atoms with van der Waals surface area (Å²) in [6.07, 6.45) is 6.26. The van der Waals surface area contributed by atoms with Crippen LogP contribution in [-0.2, 0) is 9.84 Å². The van der Waals surface area contributed by atoms with Crippen molar-refractivity contribution in [3.63, 3.8) is 0 Å². The number of nitrogens with one attached hydrogen (secondary N) is 1. The summed E-state index contributed by atoms with van der Waals surface area (Å²) in [5.74, 6) is 0.258. The monoisotopic (exact) mass is 262 g/mol. The molecule has 1 unspecified atom stereocenters. The van der Waals surface area contributed by atoms with E-state index in [9.17, 15) is 8.42 Å². The summed E-state index contributed by atoms with van der Waals surface area (Å²) in [5.41, 5.74) is 0. The lowest BCUT2D eigenvalue weighted by Crippen LogP contribution is -2.33. The second-order valence-electron chi connectivity index (χ2n) is 5.33. The average molecular weight is 262 g/mol. The lowest BCUT2D eigenvalue weighted by molar-refractivity contribution is 0.255. The molecule has 1 fully saturated rings. The molecule has 17 heavy (non-hydrogen) atoms. The van der Waals surface area contributed by atoms with Gasteiger partial charge in [0.05, 0.1) is 5.75 Å². The molecule has 0 heterocycles. The smallest absolute Gasteiger partial charge is 0.148 e. The molecule has 1 saturated carbocycles. The van der Waals surface area contributed by atoms with E-state index in [0.717, 1.165) is 19.0 Å². The quantitative estimate of drug-likeness (QED) is 0.627. The van der Waals surface area contributed by atoms with E-state index in [2.05, 4.69) is 17.1 Å². The first-order chi connectivity index (χ1) is 7.88. The van der Waals surface area contributed by atoms with Crippen LogP contribution in [0.3, 0.4) is 0 Å². The Bertz CT molecular complexity index is 312. The third-order valence-electron chi connectivity index (χ3n) is 3.38. The summed E-state index contributed by atoms with van der Waals surface area (Å²) in [6, 6.07) is 1.24. The van der Waals surface area contributed by atoms with Crippen LogP contribution in [0.1, 0.15) is 32.6 Å². The van der Waals surface area contributed by atoms with Crippen molar-refractivity contribution in [2.75, 3.05) is 32.1 Å². The third kappa shape index (κ3) is 7.73. The SMILES string of the molecule is CC(CCCNC1CC1)N(C)CCS(C)(=O)=O. The van der Waals surface area contributed by atoms with Gasteiger partial charge in [0.25, 0.3) is 0 Å². The van der Waals surface area contributed by atoms with Gasteiger partial charge >= 0.3 is 0 Å². The molecule has 0 bridgehead atoms. The van der Waals surface area contributed by atoms with Gasteiger partial charge < -0.3 is 10.2 Å². The molecule has 0 amide bonds. The molecule has 1 aliphatic carbocycles. The molecular formula is C12H26N2O2S. The maximum absolute atomic E-state index is 11.1. The molecular weight excluding hydrogens is 236 g/mol. The minimum absolute atomic E-state index is 0.258. The highest BCUT2D eigenvalue weighted by molar-refractivity contribution is 7.90. The van der Waals surface area contributed by atoms with Crippen LogP contribution < -0.4 is 5.32 Å². The summed E-state index contributed by atoms with van der Waals surface area (Å²) in [5, 5.41) is 3.49. The minimum Gasteiger partial charge on any atom is -0.314 e. The van der Waals surface area contributed by atoms with Crippen LogP contribution in [0.5, 0.6) is 0 Å². The predicted octanol–water partition coefficient (Wildman–Crippen LogP) is 0.884. The van der Waals surface area contributed by atoms with Crippen molar-refractivity contribution in [3.05, 3.63) is 0 Å². The molecule has 0 radical (unpaired) electrons. The van der Waals surface area contributed by atoms with Crippen LogP contribution in [0.25, 0.3) is 0 Å². The summed E-state index contributed by atoms with van der Waals surface area (Å²) in [4.78, 5) is 2.14. The second kappa shape index (κ2) is 6.71. The fraction of sp³-hybridized carbons (Fsp3) is 1.00. The van der Waals surface area contributed by atoms with E-state index in [4.69, 9.17) is 0 Å². The normalized spacial score (nSPS) is 18.6. The van der Waals surface area contributed by atoms with Gasteiger partial charge in [0.1, 0.15) is 9.84 Å². The number of nitrogens with zero attached hydrogens (tertiary/aromatic N) is 1. The number of rotatable bonds is 9. The van der Waals surface area contributed by atoms with E-state index in [1.54, 1.807) is 0 Å². The highest BCUT2D eigenvalue weighted by atomic mass is 32.2. The van der Waals surface area contributed by atoms with Gasteiger partial charge in [-0.05, 0) is 46.2 Å². The van der Waals surface area contributed by atoms with Crippen molar-refractivity contribution in [3.8, 4) is 0 Å². The van der Waals surface area contributed by atoms with Gasteiger partial charge in [0, 0.05) is 24.9 Å². The molecule has 0 aromatic carbocycles. The van der Waals surface area contributed by atoms with Gasteiger partial charge in [-0.15, -0.1) is 0 Å². The van der Waals surface area contributed by atoms with Crippen LogP contribution in [-0.4, -0.2) is 57.5 Å². The fourth-order valence-electron chi connectivity index (χ4n) is 1.74. The first-order valence-electron chi connectivity index (χ1n) is 6.50. The lowest BCUT2D eigenvalue weighted by atomic mass is 10.1. The zero-order valence-electron chi connectivity index (χ0n) is 11.3.